The molecular weight excluding hydrogens is 414 g/mol. The Kier molecular flexibility index (Phi) is 5.32. The molecule has 4 aliphatic heterocycles. The van der Waals surface area contributed by atoms with Gasteiger partial charge in [0.25, 0.3) is 0 Å². The monoisotopic (exact) mass is 442 g/mol. The molecule has 3 fully saturated rings. The molecule has 170 valence electrons. The normalized spacial score (nSPS) is 27.9. The lowest BCUT2D eigenvalue weighted by atomic mass is 9.78. The summed E-state index contributed by atoms with van der Waals surface area (Å²) in [5.74, 6) is -0.223. The zero-order chi connectivity index (χ0) is 22.5. The average Bonchev–Trinajstić information content (AvgIpc) is 2.75. The van der Waals surface area contributed by atoms with Crippen molar-refractivity contribution in [3.05, 3.63) is 53.6 Å². The van der Waals surface area contributed by atoms with E-state index in [0.717, 1.165) is 44.1 Å². The zero-order valence-corrected chi connectivity index (χ0v) is 18.4. The van der Waals surface area contributed by atoms with Crippen molar-refractivity contribution in [3.63, 3.8) is 0 Å². The van der Waals surface area contributed by atoms with E-state index in [1.54, 1.807) is 12.1 Å². The number of nitrogens with zero attached hydrogens (tertiary/aromatic N) is 1. The average molecular weight is 443 g/mol. The first-order valence-corrected chi connectivity index (χ1v) is 11.2. The number of benzene rings is 2. The molecule has 0 saturated carbocycles. The van der Waals surface area contributed by atoms with E-state index in [1.807, 2.05) is 19.9 Å². The Morgan fingerprint density at radius 2 is 1.81 bits per heavy atom. The third-order valence-electron chi connectivity index (χ3n) is 7.02. The molecular formula is C25H28F2N2O3. The summed E-state index contributed by atoms with van der Waals surface area (Å²) in [5, 5.41) is 3.07. The molecule has 5 nitrogen and oxygen atoms in total. The Morgan fingerprint density at radius 1 is 1.09 bits per heavy atom. The van der Waals surface area contributed by atoms with E-state index < -0.39 is 17.7 Å². The molecule has 0 aliphatic carbocycles. The summed E-state index contributed by atoms with van der Waals surface area (Å²) in [6.45, 7) is 7.44. The molecule has 6 rings (SSSR count). The minimum atomic E-state index is -0.630. The van der Waals surface area contributed by atoms with Crippen LogP contribution in [0, 0.1) is 23.0 Å². The molecule has 0 spiro atoms. The molecule has 32 heavy (non-hydrogen) atoms. The van der Waals surface area contributed by atoms with Crippen LogP contribution in [0.25, 0.3) is 11.1 Å². The van der Waals surface area contributed by atoms with Crippen LogP contribution in [0.5, 0.6) is 5.75 Å². The third kappa shape index (κ3) is 4.06. The molecule has 3 saturated heterocycles. The van der Waals surface area contributed by atoms with Gasteiger partial charge in [0, 0.05) is 23.6 Å². The van der Waals surface area contributed by atoms with Gasteiger partial charge in [0.2, 0.25) is 0 Å². The SMILES string of the molecule is CC1(C)COc2cc(-c3cc(F)cc(F)c3)ccc2C1NC(=O)O[C@H]1CN2CCC1CC2. The highest BCUT2D eigenvalue weighted by atomic mass is 19.1. The molecule has 2 aromatic rings. The number of rotatable bonds is 3. The topological polar surface area (TPSA) is 50.8 Å². The molecule has 2 bridgehead atoms. The van der Waals surface area contributed by atoms with Gasteiger partial charge in [0.05, 0.1) is 12.6 Å². The van der Waals surface area contributed by atoms with Gasteiger partial charge < -0.3 is 14.8 Å². The summed E-state index contributed by atoms with van der Waals surface area (Å²) in [4.78, 5) is 15.2. The van der Waals surface area contributed by atoms with Crippen molar-refractivity contribution in [1.82, 2.24) is 10.2 Å². The Labute approximate surface area is 186 Å². The van der Waals surface area contributed by atoms with Crippen LogP contribution < -0.4 is 10.1 Å². The standard InChI is InChI=1S/C25H28F2N2O3/c1-25(2)14-31-21-11-16(17-9-18(26)12-19(27)10-17)3-4-20(21)23(25)28-24(30)32-22-13-29-7-5-15(22)6-8-29/h3-4,9-12,15,22-23H,5-8,13-14H2,1-2H3,(H,28,30)/t22-,23?/m0/s1. The number of alkyl carbamates (subject to hydrolysis) is 1. The highest BCUT2D eigenvalue weighted by Gasteiger charge is 2.41. The number of hydrogen-bond donors (Lipinski definition) is 1. The van der Waals surface area contributed by atoms with Crippen molar-refractivity contribution in [2.24, 2.45) is 11.3 Å². The van der Waals surface area contributed by atoms with E-state index >= 15 is 0 Å². The van der Waals surface area contributed by atoms with Gasteiger partial charge in [0.15, 0.2) is 0 Å². The first kappa shape index (κ1) is 21.2. The van der Waals surface area contributed by atoms with Gasteiger partial charge in [-0.25, -0.2) is 13.6 Å². The fourth-order valence-corrected chi connectivity index (χ4v) is 5.17. The van der Waals surface area contributed by atoms with Crippen LogP contribution in [0.3, 0.4) is 0 Å². The number of nitrogens with one attached hydrogen (secondary N) is 1. The van der Waals surface area contributed by atoms with Gasteiger partial charge in [-0.1, -0.05) is 26.0 Å². The molecule has 1 N–H and O–H groups in total. The quantitative estimate of drug-likeness (QED) is 0.734. The second-order valence-electron chi connectivity index (χ2n) is 9.85. The van der Waals surface area contributed by atoms with Gasteiger partial charge >= 0.3 is 6.09 Å². The summed E-state index contributed by atoms with van der Waals surface area (Å²) in [5.41, 5.74) is 1.56. The van der Waals surface area contributed by atoms with Crippen LogP contribution in [0.1, 0.15) is 38.3 Å². The first-order chi connectivity index (χ1) is 15.3. The van der Waals surface area contributed by atoms with E-state index in [9.17, 15) is 13.6 Å². The van der Waals surface area contributed by atoms with Crippen molar-refractivity contribution < 1.29 is 23.0 Å². The van der Waals surface area contributed by atoms with Gasteiger partial charge in [0.1, 0.15) is 23.5 Å². The molecule has 1 amide bonds. The first-order valence-electron chi connectivity index (χ1n) is 11.2. The van der Waals surface area contributed by atoms with Crippen LogP contribution >= 0.6 is 0 Å². The highest BCUT2D eigenvalue weighted by molar-refractivity contribution is 5.70. The number of carbonyl (C=O) groups excluding carboxylic acids is 1. The van der Waals surface area contributed by atoms with Crippen molar-refractivity contribution in [2.75, 3.05) is 26.2 Å². The molecule has 4 heterocycles. The van der Waals surface area contributed by atoms with Crippen LogP contribution in [-0.4, -0.2) is 43.3 Å². The Bertz CT molecular complexity index is 1010. The van der Waals surface area contributed by atoms with Gasteiger partial charge in [-0.2, -0.15) is 0 Å². The lowest BCUT2D eigenvalue weighted by Crippen LogP contribution is -2.53. The summed E-state index contributed by atoms with van der Waals surface area (Å²) in [6.07, 6.45) is 1.68. The highest BCUT2D eigenvalue weighted by Crippen LogP contribution is 2.44. The maximum Gasteiger partial charge on any atom is 0.407 e. The fourth-order valence-electron chi connectivity index (χ4n) is 5.17. The van der Waals surface area contributed by atoms with Crippen LogP contribution in [0.2, 0.25) is 0 Å². The lowest BCUT2D eigenvalue weighted by Gasteiger charge is -2.44. The summed E-state index contributed by atoms with van der Waals surface area (Å²) in [6, 6.07) is 8.54. The van der Waals surface area contributed by atoms with Gasteiger partial charge in [-0.15, -0.1) is 0 Å². The van der Waals surface area contributed by atoms with Gasteiger partial charge in [-0.3, -0.25) is 4.90 Å². The molecule has 0 aromatic heterocycles. The maximum absolute atomic E-state index is 13.7. The summed E-state index contributed by atoms with van der Waals surface area (Å²) < 4.78 is 39.2. The number of amides is 1. The van der Waals surface area contributed by atoms with Gasteiger partial charge in [-0.05, 0) is 61.2 Å². The van der Waals surface area contributed by atoms with Crippen molar-refractivity contribution in [1.29, 1.82) is 0 Å². The maximum atomic E-state index is 13.7. The number of halogens is 2. The number of ether oxygens (including phenoxy) is 2. The summed E-state index contributed by atoms with van der Waals surface area (Å²) >= 11 is 0. The summed E-state index contributed by atoms with van der Waals surface area (Å²) in [7, 11) is 0. The van der Waals surface area contributed by atoms with E-state index in [4.69, 9.17) is 9.47 Å². The number of fused-ring (bicyclic) bond motifs is 4. The number of carbonyl (C=O) groups is 1. The molecule has 0 radical (unpaired) electrons. The second kappa shape index (κ2) is 8.03. The Morgan fingerprint density at radius 3 is 2.47 bits per heavy atom. The van der Waals surface area contributed by atoms with E-state index in [2.05, 4.69) is 10.2 Å². The van der Waals surface area contributed by atoms with E-state index in [0.29, 0.717) is 29.4 Å². The van der Waals surface area contributed by atoms with Crippen LogP contribution in [0.4, 0.5) is 13.6 Å². The molecule has 2 aromatic carbocycles. The smallest absolute Gasteiger partial charge is 0.407 e. The predicted octanol–water partition coefficient (Wildman–Crippen LogP) is 4.91. The predicted molar refractivity (Wildman–Crippen MR) is 116 cm³/mol. The van der Waals surface area contributed by atoms with E-state index in [1.165, 1.54) is 12.1 Å². The van der Waals surface area contributed by atoms with Crippen molar-refractivity contribution in [3.8, 4) is 16.9 Å². The van der Waals surface area contributed by atoms with Crippen molar-refractivity contribution in [2.45, 2.75) is 38.8 Å². The fraction of sp³-hybridized carbons (Fsp3) is 0.480. The minimum absolute atomic E-state index is 0.0647. The van der Waals surface area contributed by atoms with E-state index in [-0.39, 0.29) is 17.6 Å². The van der Waals surface area contributed by atoms with Crippen molar-refractivity contribution >= 4 is 6.09 Å². The number of hydrogen-bond acceptors (Lipinski definition) is 4. The molecule has 7 heteroatoms. The molecule has 4 aliphatic rings. The number of piperidine rings is 3. The Balaban J connectivity index is 1.36. The largest absolute Gasteiger partial charge is 0.493 e. The van der Waals surface area contributed by atoms with Crippen LogP contribution in [-0.2, 0) is 4.74 Å². The zero-order valence-electron chi connectivity index (χ0n) is 18.4. The minimum Gasteiger partial charge on any atom is -0.493 e. The van der Waals surface area contributed by atoms with Crippen LogP contribution in [0.15, 0.2) is 36.4 Å². The lowest BCUT2D eigenvalue weighted by molar-refractivity contribution is -0.0361. The third-order valence-corrected chi connectivity index (χ3v) is 7.02. The molecule has 2 atom stereocenters. The Hall–Kier alpha value is -2.67. The molecule has 1 unspecified atom stereocenters. The second-order valence-corrected chi connectivity index (χ2v) is 9.85.